The largest absolute Gasteiger partial charge is 0.462 e. The normalized spacial score (nSPS) is 12.3. The second-order valence-corrected chi connectivity index (χ2v) is 19.5. The Labute approximate surface area is 416 Å². The number of esters is 3. The Kier molecular flexibility index (Phi) is 53.8. The Bertz CT molecular complexity index is 1170. The van der Waals surface area contributed by atoms with Gasteiger partial charge < -0.3 is 14.2 Å². The van der Waals surface area contributed by atoms with Crippen LogP contribution < -0.4 is 0 Å². The van der Waals surface area contributed by atoms with E-state index in [1.165, 1.54) is 173 Å². The van der Waals surface area contributed by atoms with Gasteiger partial charge in [-0.15, -0.1) is 0 Å². The van der Waals surface area contributed by atoms with Crippen LogP contribution in [0.5, 0.6) is 0 Å². The van der Waals surface area contributed by atoms with Gasteiger partial charge in [-0.2, -0.15) is 0 Å². The molecule has 0 saturated heterocycles. The van der Waals surface area contributed by atoms with E-state index >= 15 is 0 Å². The van der Waals surface area contributed by atoms with Crippen molar-refractivity contribution in [2.45, 2.75) is 309 Å². The fraction of sp³-hybridized carbons (Fsp3) is 0.820. The Morgan fingerprint density at radius 1 is 0.313 bits per heavy atom. The number of hydrogen-bond donors (Lipinski definition) is 0. The monoisotopic (exact) mass is 939 g/mol. The van der Waals surface area contributed by atoms with Crippen LogP contribution in [-0.2, 0) is 28.6 Å². The van der Waals surface area contributed by atoms with Crippen molar-refractivity contribution in [3.8, 4) is 0 Å². The molecule has 0 aromatic carbocycles. The summed E-state index contributed by atoms with van der Waals surface area (Å²) in [7, 11) is 0. The van der Waals surface area contributed by atoms with Gasteiger partial charge in [-0.05, 0) is 77.0 Å². The van der Waals surface area contributed by atoms with Crippen molar-refractivity contribution < 1.29 is 28.6 Å². The number of ether oxygens (including phenoxy) is 3. The summed E-state index contributed by atoms with van der Waals surface area (Å²) in [4.78, 5) is 38.2. The molecule has 390 valence electrons. The van der Waals surface area contributed by atoms with E-state index in [1.54, 1.807) is 0 Å². The second kappa shape index (κ2) is 56.0. The minimum atomic E-state index is -0.779. The maximum Gasteiger partial charge on any atom is 0.306 e. The summed E-state index contributed by atoms with van der Waals surface area (Å²) in [5.41, 5.74) is 0. The molecule has 0 aromatic heterocycles. The molecule has 0 heterocycles. The van der Waals surface area contributed by atoms with E-state index in [4.69, 9.17) is 14.2 Å². The lowest BCUT2D eigenvalue weighted by atomic mass is 10.0. The summed E-state index contributed by atoms with van der Waals surface area (Å²) in [5, 5.41) is 0. The van der Waals surface area contributed by atoms with Gasteiger partial charge in [-0.3, -0.25) is 14.4 Å². The average Bonchev–Trinajstić information content (AvgIpc) is 3.33. The van der Waals surface area contributed by atoms with E-state index in [0.29, 0.717) is 19.3 Å². The van der Waals surface area contributed by atoms with Crippen LogP contribution in [0.3, 0.4) is 0 Å². The molecular formula is C61H110O6. The lowest BCUT2D eigenvalue weighted by Crippen LogP contribution is -2.30. The highest BCUT2D eigenvalue weighted by Gasteiger charge is 2.19. The van der Waals surface area contributed by atoms with E-state index in [-0.39, 0.29) is 31.1 Å². The van der Waals surface area contributed by atoms with Gasteiger partial charge in [0.2, 0.25) is 0 Å². The molecule has 0 rings (SSSR count). The second-order valence-electron chi connectivity index (χ2n) is 19.5. The molecule has 0 aliphatic heterocycles. The van der Waals surface area contributed by atoms with Crippen LogP contribution in [0.15, 0.2) is 48.6 Å². The Morgan fingerprint density at radius 2 is 0.582 bits per heavy atom. The van der Waals surface area contributed by atoms with E-state index in [1.807, 2.05) is 0 Å². The number of rotatable bonds is 53. The fourth-order valence-corrected chi connectivity index (χ4v) is 8.45. The van der Waals surface area contributed by atoms with Crippen LogP contribution in [0.4, 0.5) is 0 Å². The molecule has 0 bridgehead atoms. The highest BCUT2D eigenvalue weighted by molar-refractivity contribution is 5.71. The molecule has 0 fully saturated rings. The zero-order valence-electron chi connectivity index (χ0n) is 44.7. The van der Waals surface area contributed by atoms with Gasteiger partial charge in [-0.1, -0.05) is 256 Å². The molecule has 0 N–H and O–H groups in total. The zero-order chi connectivity index (χ0) is 48.6. The zero-order valence-corrected chi connectivity index (χ0v) is 44.7. The quantitative estimate of drug-likeness (QED) is 0.0262. The van der Waals surface area contributed by atoms with Crippen molar-refractivity contribution in [2.75, 3.05) is 13.2 Å². The Balaban J connectivity index is 4.35. The Morgan fingerprint density at radius 3 is 0.940 bits per heavy atom. The first-order valence-electron chi connectivity index (χ1n) is 29.1. The van der Waals surface area contributed by atoms with Gasteiger partial charge in [0.05, 0.1) is 0 Å². The van der Waals surface area contributed by atoms with Crippen molar-refractivity contribution in [1.82, 2.24) is 0 Å². The lowest BCUT2D eigenvalue weighted by molar-refractivity contribution is -0.167. The van der Waals surface area contributed by atoms with Gasteiger partial charge in [0.1, 0.15) is 13.2 Å². The topological polar surface area (TPSA) is 78.9 Å². The van der Waals surface area contributed by atoms with Crippen LogP contribution in [0.25, 0.3) is 0 Å². The van der Waals surface area contributed by atoms with Crippen molar-refractivity contribution in [3.63, 3.8) is 0 Å². The van der Waals surface area contributed by atoms with Crippen LogP contribution in [-0.4, -0.2) is 37.2 Å². The van der Waals surface area contributed by atoms with Crippen LogP contribution in [0.1, 0.15) is 303 Å². The SMILES string of the molecule is CC/C=C\C/C=C\C/C=C\CCCCCCCCCCCC(=O)OCC(COC(=O)CCCCC/C=C\CCCCCCCCC)OC(=O)CCCCCCCCCCCCCCCCCC. The molecule has 0 saturated carbocycles. The van der Waals surface area contributed by atoms with E-state index in [0.717, 1.165) is 89.9 Å². The number of carbonyl (C=O) groups excluding carboxylic acids is 3. The summed E-state index contributed by atoms with van der Waals surface area (Å²) >= 11 is 0. The molecule has 0 radical (unpaired) electrons. The molecule has 0 amide bonds. The third-order valence-corrected chi connectivity index (χ3v) is 12.8. The first-order valence-corrected chi connectivity index (χ1v) is 29.1. The summed E-state index contributed by atoms with van der Waals surface area (Å²) in [6.45, 7) is 6.55. The predicted molar refractivity (Wildman–Crippen MR) is 289 cm³/mol. The summed E-state index contributed by atoms with van der Waals surface area (Å²) in [6, 6.07) is 0. The minimum absolute atomic E-state index is 0.0776. The van der Waals surface area contributed by atoms with Crippen LogP contribution in [0, 0.1) is 0 Å². The van der Waals surface area contributed by atoms with E-state index in [9.17, 15) is 14.4 Å². The van der Waals surface area contributed by atoms with Crippen molar-refractivity contribution >= 4 is 17.9 Å². The third-order valence-electron chi connectivity index (χ3n) is 12.8. The maximum atomic E-state index is 12.9. The first-order chi connectivity index (χ1) is 33.0. The number of unbranched alkanes of at least 4 members (excludes halogenated alkanes) is 34. The van der Waals surface area contributed by atoms with Crippen LogP contribution >= 0.6 is 0 Å². The number of carbonyl (C=O) groups is 3. The molecule has 67 heavy (non-hydrogen) atoms. The Hall–Kier alpha value is -2.63. The molecule has 0 aromatic rings. The van der Waals surface area contributed by atoms with E-state index in [2.05, 4.69) is 69.4 Å². The lowest BCUT2D eigenvalue weighted by Gasteiger charge is -2.18. The molecular weight excluding hydrogens is 829 g/mol. The van der Waals surface area contributed by atoms with Gasteiger partial charge >= 0.3 is 17.9 Å². The van der Waals surface area contributed by atoms with E-state index < -0.39 is 6.10 Å². The highest BCUT2D eigenvalue weighted by Crippen LogP contribution is 2.16. The maximum absolute atomic E-state index is 12.9. The van der Waals surface area contributed by atoms with Crippen LogP contribution in [0.2, 0.25) is 0 Å². The first kappa shape index (κ1) is 64.4. The van der Waals surface area contributed by atoms with Crippen molar-refractivity contribution in [3.05, 3.63) is 48.6 Å². The molecule has 0 aliphatic rings. The van der Waals surface area contributed by atoms with Gasteiger partial charge in [0, 0.05) is 19.3 Å². The summed E-state index contributed by atoms with van der Waals surface area (Å²) in [6.07, 6.45) is 68.1. The summed E-state index contributed by atoms with van der Waals surface area (Å²) in [5.74, 6) is -0.882. The van der Waals surface area contributed by atoms with Crippen molar-refractivity contribution in [2.24, 2.45) is 0 Å². The number of allylic oxidation sites excluding steroid dienone is 8. The third kappa shape index (κ3) is 54.2. The molecule has 1 unspecified atom stereocenters. The average molecular weight is 940 g/mol. The molecule has 6 nitrogen and oxygen atoms in total. The minimum Gasteiger partial charge on any atom is -0.462 e. The summed E-state index contributed by atoms with van der Waals surface area (Å²) < 4.78 is 16.9. The molecule has 0 aliphatic carbocycles. The molecule has 6 heteroatoms. The number of hydrogen-bond acceptors (Lipinski definition) is 6. The van der Waals surface area contributed by atoms with Gasteiger partial charge in [0.25, 0.3) is 0 Å². The fourth-order valence-electron chi connectivity index (χ4n) is 8.45. The van der Waals surface area contributed by atoms with Crippen molar-refractivity contribution in [1.29, 1.82) is 0 Å². The van der Waals surface area contributed by atoms with Gasteiger partial charge in [-0.25, -0.2) is 0 Å². The molecule has 0 spiro atoms. The standard InChI is InChI=1S/C61H110O6/c1-4-7-10-13-16-19-22-25-28-30-31-32-34-36-39-42-45-48-51-54-60(63)66-57-58(56-65-59(62)53-50-47-44-41-38-35-27-24-21-18-15-12-9-6-3)67-61(64)55-52-49-46-43-40-37-33-29-26-23-20-17-14-11-8-5-2/h7,10,16,19,25,28,35,38,58H,4-6,8-9,11-15,17-18,20-24,26-27,29-34,36-37,39-57H2,1-3H3/b10-7-,19-16-,28-25-,38-35-. The molecule has 1 atom stereocenters. The van der Waals surface area contributed by atoms with Gasteiger partial charge in [0.15, 0.2) is 6.10 Å². The predicted octanol–water partition coefficient (Wildman–Crippen LogP) is 19.4. The smallest absolute Gasteiger partial charge is 0.306 e. The highest BCUT2D eigenvalue weighted by atomic mass is 16.6.